The number of halogens is 1. The minimum Gasteiger partial charge on any atom is -0.492 e. The monoisotopic (exact) mass is 438 g/mol. The van der Waals surface area contributed by atoms with Crippen molar-refractivity contribution < 1.29 is 14.3 Å². The summed E-state index contributed by atoms with van der Waals surface area (Å²) < 4.78 is 5.54. The van der Waals surface area contributed by atoms with E-state index >= 15 is 0 Å². The lowest BCUT2D eigenvalue weighted by Crippen LogP contribution is -2.32. The Morgan fingerprint density at radius 1 is 0.839 bits per heavy atom. The molecule has 3 rings (SSSR count). The summed E-state index contributed by atoms with van der Waals surface area (Å²) >= 11 is 5.83. The summed E-state index contributed by atoms with van der Waals surface area (Å²) in [5.41, 5.74) is 2.70. The van der Waals surface area contributed by atoms with Crippen molar-refractivity contribution in [2.75, 3.05) is 29.1 Å². The van der Waals surface area contributed by atoms with Crippen LogP contribution in [0.5, 0.6) is 5.75 Å². The zero-order valence-electron chi connectivity index (χ0n) is 16.9. The van der Waals surface area contributed by atoms with Gasteiger partial charge in [-0.25, -0.2) is 9.59 Å². The van der Waals surface area contributed by atoms with Gasteiger partial charge in [0.25, 0.3) is 0 Å². The molecule has 3 aromatic rings. The number of hydrogen-bond donors (Lipinski definition) is 4. The topological polar surface area (TPSA) is 91.5 Å². The Morgan fingerprint density at radius 3 is 2.29 bits per heavy atom. The minimum atomic E-state index is -0.371. The lowest BCUT2D eigenvalue weighted by Gasteiger charge is -2.13. The molecule has 31 heavy (non-hydrogen) atoms. The van der Waals surface area contributed by atoms with E-state index in [2.05, 4.69) is 21.3 Å². The standard InChI is InChI=1S/C23H23ClN4O3/c1-16-7-10-19(27-23(30)26-18-5-3-2-4-6-18)15-21(16)28-22(29)25-13-14-31-20-11-8-17(24)9-12-20/h2-12,15H,13-14H2,1H3,(H2,25,28,29)(H2,26,27,30). The minimum absolute atomic E-state index is 0.315. The molecule has 0 aromatic heterocycles. The van der Waals surface area contributed by atoms with Gasteiger partial charge in [0.2, 0.25) is 0 Å². The van der Waals surface area contributed by atoms with Crippen molar-refractivity contribution in [1.82, 2.24) is 5.32 Å². The van der Waals surface area contributed by atoms with Gasteiger partial charge in [-0.3, -0.25) is 0 Å². The van der Waals surface area contributed by atoms with E-state index in [1.54, 1.807) is 48.5 Å². The summed E-state index contributed by atoms with van der Waals surface area (Å²) in [6, 6.07) is 20.7. The third-order valence-electron chi connectivity index (χ3n) is 4.25. The Morgan fingerprint density at radius 2 is 1.55 bits per heavy atom. The third kappa shape index (κ3) is 7.24. The Balaban J connectivity index is 1.47. The number of ether oxygens (including phenoxy) is 1. The van der Waals surface area contributed by atoms with Crippen molar-refractivity contribution in [1.29, 1.82) is 0 Å². The number of benzene rings is 3. The van der Waals surface area contributed by atoms with E-state index in [1.165, 1.54) is 0 Å². The van der Waals surface area contributed by atoms with Crippen LogP contribution in [0.3, 0.4) is 0 Å². The fourth-order valence-corrected chi connectivity index (χ4v) is 2.81. The molecule has 0 radical (unpaired) electrons. The number of hydrogen-bond acceptors (Lipinski definition) is 3. The normalized spacial score (nSPS) is 10.1. The molecule has 4 amide bonds. The average Bonchev–Trinajstić information content (AvgIpc) is 2.75. The van der Waals surface area contributed by atoms with Gasteiger partial charge in [0.15, 0.2) is 0 Å². The SMILES string of the molecule is Cc1ccc(NC(=O)Nc2ccccc2)cc1NC(=O)NCCOc1ccc(Cl)cc1. The summed E-state index contributed by atoms with van der Waals surface area (Å²) in [6.45, 7) is 2.51. The largest absolute Gasteiger partial charge is 0.492 e. The van der Waals surface area contributed by atoms with Crippen molar-refractivity contribution in [3.63, 3.8) is 0 Å². The number of amides is 4. The molecule has 0 unspecified atom stereocenters. The van der Waals surface area contributed by atoms with E-state index in [0.717, 1.165) is 5.56 Å². The van der Waals surface area contributed by atoms with Gasteiger partial charge < -0.3 is 26.0 Å². The molecule has 0 aliphatic heterocycles. The van der Waals surface area contributed by atoms with Crippen molar-refractivity contribution >= 4 is 40.7 Å². The predicted molar refractivity (Wildman–Crippen MR) is 124 cm³/mol. The third-order valence-corrected chi connectivity index (χ3v) is 4.50. The molecule has 7 nitrogen and oxygen atoms in total. The number of anilines is 3. The van der Waals surface area contributed by atoms with Gasteiger partial charge in [0.1, 0.15) is 12.4 Å². The Kier molecular flexibility index (Phi) is 7.73. The Labute approximate surface area is 185 Å². The molecule has 4 N–H and O–H groups in total. The first-order chi connectivity index (χ1) is 15.0. The maximum Gasteiger partial charge on any atom is 0.323 e. The van der Waals surface area contributed by atoms with Crippen LogP contribution in [0.2, 0.25) is 5.02 Å². The van der Waals surface area contributed by atoms with Gasteiger partial charge >= 0.3 is 12.1 Å². The average molecular weight is 439 g/mol. The first kappa shape index (κ1) is 22.0. The van der Waals surface area contributed by atoms with Crippen LogP contribution < -0.4 is 26.0 Å². The van der Waals surface area contributed by atoms with Crippen molar-refractivity contribution in [2.24, 2.45) is 0 Å². The van der Waals surface area contributed by atoms with Gasteiger partial charge in [-0.1, -0.05) is 35.9 Å². The second-order valence-electron chi connectivity index (χ2n) is 6.66. The van der Waals surface area contributed by atoms with E-state index in [1.807, 2.05) is 31.2 Å². The number of rotatable bonds is 7. The maximum atomic E-state index is 12.2. The van der Waals surface area contributed by atoms with Crippen LogP contribution >= 0.6 is 11.6 Å². The summed E-state index contributed by atoms with van der Waals surface area (Å²) in [4.78, 5) is 24.4. The summed E-state index contributed by atoms with van der Waals surface area (Å²) in [7, 11) is 0. The molecule has 0 saturated carbocycles. The zero-order chi connectivity index (χ0) is 22.1. The summed E-state index contributed by atoms with van der Waals surface area (Å²) in [6.07, 6.45) is 0. The van der Waals surface area contributed by atoms with Crippen molar-refractivity contribution in [3.05, 3.63) is 83.4 Å². The molecule has 0 saturated heterocycles. The molecular weight excluding hydrogens is 416 g/mol. The van der Waals surface area contributed by atoms with Crippen LogP contribution in [-0.4, -0.2) is 25.2 Å². The number of nitrogens with one attached hydrogen (secondary N) is 4. The fraction of sp³-hybridized carbons (Fsp3) is 0.130. The van der Waals surface area contributed by atoms with Crippen LogP contribution in [0.1, 0.15) is 5.56 Å². The number of carbonyl (C=O) groups is 2. The number of aryl methyl sites for hydroxylation is 1. The number of carbonyl (C=O) groups excluding carboxylic acids is 2. The van der Waals surface area contributed by atoms with Gasteiger partial charge in [-0.15, -0.1) is 0 Å². The summed E-state index contributed by atoms with van der Waals surface area (Å²) in [5.74, 6) is 0.676. The van der Waals surface area contributed by atoms with E-state index in [0.29, 0.717) is 41.0 Å². The zero-order valence-corrected chi connectivity index (χ0v) is 17.7. The molecule has 0 spiro atoms. The van der Waals surface area contributed by atoms with E-state index in [4.69, 9.17) is 16.3 Å². The highest BCUT2D eigenvalue weighted by atomic mass is 35.5. The highest BCUT2D eigenvalue weighted by Crippen LogP contribution is 2.20. The Hall–Kier alpha value is -3.71. The number of para-hydroxylation sites is 1. The fourth-order valence-electron chi connectivity index (χ4n) is 2.68. The molecule has 3 aromatic carbocycles. The predicted octanol–water partition coefficient (Wildman–Crippen LogP) is 5.49. The van der Waals surface area contributed by atoms with Crippen molar-refractivity contribution in [3.8, 4) is 5.75 Å². The molecule has 0 aliphatic rings. The quantitative estimate of drug-likeness (QED) is 0.367. The van der Waals surface area contributed by atoms with Crippen LogP contribution in [0.25, 0.3) is 0 Å². The van der Waals surface area contributed by atoms with E-state index in [9.17, 15) is 9.59 Å². The lowest BCUT2D eigenvalue weighted by molar-refractivity contribution is 0.247. The van der Waals surface area contributed by atoms with Crippen LogP contribution in [0, 0.1) is 6.92 Å². The first-order valence-electron chi connectivity index (χ1n) is 9.66. The van der Waals surface area contributed by atoms with Gasteiger partial charge in [0.05, 0.1) is 6.54 Å². The lowest BCUT2D eigenvalue weighted by atomic mass is 10.2. The van der Waals surface area contributed by atoms with E-state index < -0.39 is 0 Å². The first-order valence-corrected chi connectivity index (χ1v) is 10.0. The molecule has 0 atom stereocenters. The van der Waals surface area contributed by atoms with Crippen molar-refractivity contribution in [2.45, 2.75) is 6.92 Å². The van der Waals surface area contributed by atoms with Crippen LogP contribution in [-0.2, 0) is 0 Å². The van der Waals surface area contributed by atoms with Crippen LogP contribution in [0.15, 0.2) is 72.8 Å². The molecule has 0 bridgehead atoms. The molecule has 8 heteroatoms. The number of urea groups is 2. The Bertz CT molecular complexity index is 1030. The second-order valence-corrected chi connectivity index (χ2v) is 7.09. The van der Waals surface area contributed by atoms with Gasteiger partial charge in [-0.2, -0.15) is 0 Å². The van der Waals surface area contributed by atoms with E-state index in [-0.39, 0.29) is 12.1 Å². The summed E-state index contributed by atoms with van der Waals surface area (Å²) in [5, 5.41) is 11.7. The van der Waals surface area contributed by atoms with Crippen LogP contribution in [0.4, 0.5) is 26.7 Å². The highest BCUT2D eigenvalue weighted by molar-refractivity contribution is 6.30. The smallest absolute Gasteiger partial charge is 0.323 e. The molecule has 0 fully saturated rings. The second kappa shape index (κ2) is 10.9. The highest BCUT2D eigenvalue weighted by Gasteiger charge is 2.08. The maximum absolute atomic E-state index is 12.2. The molecule has 160 valence electrons. The molecule has 0 aliphatic carbocycles. The molecular formula is C23H23ClN4O3. The van der Waals surface area contributed by atoms with Gasteiger partial charge in [-0.05, 0) is 61.0 Å². The van der Waals surface area contributed by atoms with Gasteiger partial charge in [0, 0.05) is 22.1 Å². The molecule has 0 heterocycles.